The Bertz CT molecular complexity index is 1210. The van der Waals surface area contributed by atoms with Crippen LogP contribution in [0.5, 0.6) is 11.5 Å². The van der Waals surface area contributed by atoms with Crippen LogP contribution in [0, 0.1) is 0 Å². The van der Waals surface area contributed by atoms with Crippen LogP contribution in [-0.4, -0.2) is 58.3 Å². The Labute approximate surface area is 199 Å². The minimum absolute atomic E-state index is 0.171. The van der Waals surface area contributed by atoms with Crippen LogP contribution < -0.4 is 14.9 Å². The average molecular weight is 471 g/mol. The van der Waals surface area contributed by atoms with E-state index in [1.54, 1.807) is 19.2 Å². The maximum Gasteiger partial charge on any atom is 0.235 e. The number of methoxy groups -OCH3 is 2. The predicted octanol–water partition coefficient (Wildman–Crippen LogP) is 5.00. The van der Waals surface area contributed by atoms with E-state index in [1.807, 2.05) is 26.2 Å². The molecule has 0 atom stereocenters. The van der Waals surface area contributed by atoms with Crippen molar-refractivity contribution in [3.63, 3.8) is 0 Å². The second-order valence-corrected chi connectivity index (χ2v) is 9.43. The van der Waals surface area contributed by atoms with E-state index in [4.69, 9.17) is 25.5 Å². The van der Waals surface area contributed by atoms with Crippen molar-refractivity contribution < 1.29 is 13.9 Å². The standard InChI is InChI=1S/C26H31ClN2O4/c1-28(2)15-16-12-19(17-8-10-29(3)11-9-17)25-20(13-16)23(30)26(32-5)24(33-25)18-6-7-22(31-4)21(27)14-18/h6-7,12-14,17H,8-11,15H2,1-5H3. The van der Waals surface area contributed by atoms with Crippen LogP contribution in [0.3, 0.4) is 0 Å². The molecule has 0 spiro atoms. The number of nitrogens with zero attached hydrogens (tertiary/aromatic N) is 2. The molecule has 1 aliphatic heterocycles. The molecule has 0 bridgehead atoms. The number of halogens is 1. The van der Waals surface area contributed by atoms with Gasteiger partial charge in [0.2, 0.25) is 11.2 Å². The Morgan fingerprint density at radius 1 is 1.12 bits per heavy atom. The highest BCUT2D eigenvalue weighted by Gasteiger charge is 2.26. The lowest BCUT2D eigenvalue weighted by atomic mass is 9.87. The first-order chi connectivity index (χ1) is 15.8. The van der Waals surface area contributed by atoms with Gasteiger partial charge >= 0.3 is 0 Å². The summed E-state index contributed by atoms with van der Waals surface area (Å²) in [7, 11) is 9.26. The Morgan fingerprint density at radius 3 is 2.45 bits per heavy atom. The molecule has 2 heterocycles. The first-order valence-corrected chi connectivity index (χ1v) is 11.5. The first-order valence-electron chi connectivity index (χ1n) is 11.2. The van der Waals surface area contributed by atoms with Gasteiger partial charge in [0.25, 0.3) is 0 Å². The number of fused-ring (bicyclic) bond motifs is 1. The van der Waals surface area contributed by atoms with Gasteiger partial charge in [0, 0.05) is 12.1 Å². The van der Waals surface area contributed by atoms with Gasteiger partial charge in [-0.2, -0.15) is 0 Å². The van der Waals surface area contributed by atoms with Gasteiger partial charge in [-0.25, -0.2) is 0 Å². The maximum atomic E-state index is 13.6. The molecule has 2 aromatic carbocycles. The number of likely N-dealkylation sites (tertiary alicyclic amines) is 1. The van der Waals surface area contributed by atoms with E-state index in [0.717, 1.165) is 43.6 Å². The smallest absolute Gasteiger partial charge is 0.235 e. The third-order valence-corrected chi connectivity index (χ3v) is 6.61. The number of rotatable bonds is 6. The zero-order chi connectivity index (χ0) is 23.7. The van der Waals surface area contributed by atoms with Gasteiger partial charge in [0.05, 0.1) is 24.6 Å². The monoisotopic (exact) mass is 470 g/mol. The Balaban J connectivity index is 1.96. The van der Waals surface area contributed by atoms with Crippen molar-refractivity contribution in [1.82, 2.24) is 9.80 Å². The number of hydrogen-bond donors (Lipinski definition) is 0. The molecule has 0 unspecified atom stereocenters. The SMILES string of the molecule is COc1ccc(-c2oc3c(C4CCN(C)CC4)cc(CN(C)C)cc3c(=O)c2OC)cc1Cl. The Morgan fingerprint density at radius 2 is 1.85 bits per heavy atom. The lowest BCUT2D eigenvalue weighted by Gasteiger charge is -2.30. The van der Waals surface area contributed by atoms with Crippen LogP contribution in [0.4, 0.5) is 0 Å². The van der Waals surface area contributed by atoms with Gasteiger partial charge in [0.1, 0.15) is 11.3 Å². The molecule has 7 heteroatoms. The first kappa shape index (κ1) is 23.6. The molecule has 1 saturated heterocycles. The van der Waals surface area contributed by atoms with Crippen LogP contribution in [0.25, 0.3) is 22.3 Å². The maximum absolute atomic E-state index is 13.6. The quantitative estimate of drug-likeness (QED) is 0.505. The highest BCUT2D eigenvalue weighted by atomic mass is 35.5. The summed E-state index contributed by atoms with van der Waals surface area (Å²) in [4.78, 5) is 18.1. The normalized spacial score (nSPS) is 15.4. The van der Waals surface area contributed by atoms with Crippen molar-refractivity contribution in [2.45, 2.75) is 25.3 Å². The molecule has 176 valence electrons. The van der Waals surface area contributed by atoms with E-state index in [-0.39, 0.29) is 11.2 Å². The highest BCUT2D eigenvalue weighted by Crippen LogP contribution is 2.39. The van der Waals surface area contributed by atoms with Crippen molar-refractivity contribution in [1.29, 1.82) is 0 Å². The van der Waals surface area contributed by atoms with Crippen LogP contribution in [-0.2, 0) is 6.54 Å². The van der Waals surface area contributed by atoms with E-state index in [9.17, 15) is 4.79 Å². The molecule has 0 radical (unpaired) electrons. The Hall–Kier alpha value is -2.54. The average Bonchev–Trinajstić information content (AvgIpc) is 2.79. The van der Waals surface area contributed by atoms with E-state index in [0.29, 0.717) is 39.0 Å². The van der Waals surface area contributed by atoms with Crippen LogP contribution >= 0.6 is 11.6 Å². The molecule has 0 N–H and O–H groups in total. The van der Waals surface area contributed by atoms with E-state index < -0.39 is 0 Å². The molecule has 1 aromatic heterocycles. The van der Waals surface area contributed by atoms with Crippen LogP contribution in [0.2, 0.25) is 5.02 Å². The minimum Gasteiger partial charge on any atom is -0.495 e. The topological polar surface area (TPSA) is 55.2 Å². The zero-order valence-electron chi connectivity index (χ0n) is 19.9. The lowest BCUT2D eigenvalue weighted by Crippen LogP contribution is -2.29. The van der Waals surface area contributed by atoms with Gasteiger partial charge in [-0.3, -0.25) is 4.79 Å². The number of benzene rings is 2. The third kappa shape index (κ3) is 4.74. The van der Waals surface area contributed by atoms with E-state index in [2.05, 4.69) is 22.9 Å². The molecule has 4 rings (SSSR count). The fourth-order valence-corrected chi connectivity index (χ4v) is 4.89. The van der Waals surface area contributed by atoms with Gasteiger partial charge in [-0.05, 0) is 88.4 Å². The van der Waals surface area contributed by atoms with Gasteiger partial charge in [-0.15, -0.1) is 0 Å². The molecule has 0 saturated carbocycles. The van der Waals surface area contributed by atoms with E-state index in [1.165, 1.54) is 7.11 Å². The fourth-order valence-electron chi connectivity index (χ4n) is 4.63. The molecule has 6 nitrogen and oxygen atoms in total. The van der Waals surface area contributed by atoms with E-state index >= 15 is 0 Å². The molecule has 33 heavy (non-hydrogen) atoms. The summed E-state index contributed by atoms with van der Waals surface area (Å²) in [6.45, 7) is 2.78. The second-order valence-electron chi connectivity index (χ2n) is 9.02. The summed E-state index contributed by atoms with van der Waals surface area (Å²) in [6.07, 6.45) is 2.05. The summed E-state index contributed by atoms with van der Waals surface area (Å²) < 4.78 is 17.3. The summed E-state index contributed by atoms with van der Waals surface area (Å²) in [5, 5.41) is 1.00. The zero-order valence-corrected chi connectivity index (χ0v) is 20.7. The summed E-state index contributed by atoms with van der Waals surface area (Å²) in [6, 6.07) is 9.47. The third-order valence-electron chi connectivity index (χ3n) is 6.31. The Kier molecular flexibility index (Phi) is 6.98. The predicted molar refractivity (Wildman–Crippen MR) is 133 cm³/mol. The largest absolute Gasteiger partial charge is 0.495 e. The van der Waals surface area contributed by atoms with Gasteiger partial charge < -0.3 is 23.7 Å². The van der Waals surface area contributed by atoms with Gasteiger partial charge in [0.15, 0.2) is 5.76 Å². The fraction of sp³-hybridized carbons (Fsp3) is 0.423. The van der Waals surface area contributed by atoms with Crippen LogP contribution in [0.15, 0.2) is 39.5 Å². The molecule has 1 aliphatic rings. The molecular weight excluding hydrogens is 440 g/mol. The lowest BCUT2D eigenvalue weighted by molar-refractivity contribution is 0.255. The molecule has 0 amide bonds. The summed E-state index contributed by atoms with van der Waals surface area (Å²) >= 11 is 6.37. The summed E-state index contributed by atoms with van der Waals surface area (Å²) in [5.74, 6) is 1.45. The highest BCUT2D eigenvalue weighted by molar-refractivity contribution is 6.32. The molecule has 0 aliphatic carbocycles. The van der Waals surface area contributed by atoms with Crippen molar-refractivity contribution in [3.05, 3.63) is 56.7 Å². The molecular formula is C26H31ClN2O4. The van der Waals surface area contributed by atoms with Crippen molar-refractivity contribution >= 4 is 22.6 Å². The molecule has 3 aromatic rings. The number of piperidine rings is 1. The minimum atomic E-state index is -0.171. The number of ether oxygens (including phenoxy) is 2. The van der Waals surface area contributed by atoms with Gasteiger partial charge in [-0.1, -0.05) is 17.7 Å². The van der Waals surface area contributed by atoms with Crippen molar-refractivity contribution in [2.75, 3.05) is 48.5 Å². The van der Waals surface area contributed by atoms with Crippen molar-refractivity contribution in [3.8, 4) is 22.8 Å². The second kappa shape index (κ2) is 9.75. The molecule has 1 fully saturated rings. The number of hydrogen-bond acceptors (Lipinski definition) is 6. The van der Waals surface area contributed by atoms with Crippen molar-refractivity contribution in [2.24, 2.45) is 0 Å². The van der Waals surface area contributed by atoms with Crippen LogP contribution in [0.1, 0.15) is 29.9 Å². The summed E-state index contributed by atoms with van der Waals surface area (Å²) in [5.41, 5.74) is 3.33.